The van der Waals surface area contributed by atoms with Crippen LogP contribution in [0.3, 0.4) is 0 Å². The molecular formula is C18H19ClN2O5S2. The second-order valence-corrected chi connectivity index (χ2v) is 9.40. The van der Waals surface area contributed by atoms with Gasteiger partial charge in [0.25, 0.3) is 0 Å². The number of anilines is 1. The van der Waals surface area contributed by atoms with E-state index < -0.39 is 15.9 Å². The fourth-order valence-corrected chi connectivity index (χ4v) is 4.99. The normalized spacial score (nSPS) is 15.3. The van der Waals surface area contributed by atoms with Gasteiger partial charge < -0.3 is 10.1 Å². The predicted molar refractivity (Wildman–Crippen MR) is 108 cm³/mol. The zero-order chi connectivity index (χ0) is 20.1. The second kappa shape index (κ2) is 9.15. The van der Waals surface area contributed by atoms with Crippen LogP contribution in [-0.2, 0) is 19.6 Å². The van der Waals surface area contributed by atoms with Gasteiger partial charge in [-0.25, -0.2) is 8.42 Å². The molecule has 1 saturated heterocycles. The van der Waals surface area contributed by atoms with Crippen LogP contribution in [0.5, 0.6) is 0 Å². The summed E-state index contributed by atoms with van der Waals surface area (Å²) in [6, 6.07) is 7.66. The van der Waals surface area contributed by atoms with Gasteiger partial charge in [-0.1, -0.05) is 17.7 Å². The Morgan fingerprint density at radius 1 is 1.18 bits per heavy atom. The molecule has 0 aliphatic carbocycles. The summed E-state index contributed by atoms with van der Waals surface area (Å²) in [5.41, 5.74) is 0.199. The number of ether oxygens (including phenoxy) is 1. The molecule has 2 heterocycles. The van der Waals surface area contributed by atoms with Gasteiger partial charge in [0.2, 0.25) is 15.9 Å². The predicted octanol–water partition coefficient (Wildman–Crippen LogP) is 3.02. The summed E-state index contributed by atoms with van der Waals surface area (Å²) < 4.78 is 32.0. The largest absolute Gasteiger partial charge is 0.379 e. The van der Waals surface area contributed by atoms with E-state index in [1.54, 1.807) is 17.5 Å². The highest BCUT2D eigenvalue weighted by Crippen LogP contribution is 2.27. The molecule has 1 aromatic heterocycles. The maximum Gasteiger partial charge on any atom is 0.243 e. The highest BCUT2D eigenvalue weighted by atomic mass is 35.5. The Hall–Kier alpha value is -1.78. The van der Waals surface area contributed by atoms with Gasteiger partial charge in [-0.05, 0) is 29.6 Å². The van der Waals surface area contributed by atoms with Crippen molar-refractivity contribution in [1.82, 2.24) is 4.31 Å². The molecule has 0 atom stereocenters. The summed E-state index contributed by atoms with van der Waals surface area (Å²) in [4.78, 5) is 24.9. The zero-order valence-corrected chi connectivity index (χ0v) is 17.3. The van der Waals surface area contributed by atoms with Gasteiger partial charge in [0.05, 0.1) is 33.7 Å². The van der Waals surface area contributed by atoms with Crippen molar-refractivity contribution in [2.45, 2.75) is 17.7 Å². The number of rotatable bonds is 7. The molecule has 0 bridgehead atoms. The van der Waals surface area contributed by atoms with Crippen molar-refractivity contribution in [1.29, 1.82) is 0 Å². The molecule has 0 spiro atoms. The van der Waals surface area contributed by atoms with E-state index in [9.17, 15) is 18.0 Å². The van der Waals surface area contributed by atoms with Crippen molar-refractivity contribution in [2.24, 2.45) is 0 Å². The van der Waals surface area contributed by atoms with Gasteiger partial charge >= 0.3 is 0 Å². The maximum atomic E-state index is 12.8. The number of nitrogens with zero attached hydrogens (tertiary/aromatic N) is 1. The van der Waals surface area contributed by atoms with Crippen molar-refractivity contribution in [2.75, 3.05) is 31.6 Å². The molecule has 3 rings (SSSR count). The molecule has 1 aliphatic rings. The minimum Gasteiger partial charge on any atom is -0.379 e. The van der Waals surface area contributed by atoms with Crippen molar-refractivity contribution >= 4 is 50.3 Å². The van der Waals surface area contributed by atoms with E-state index in [1.165, 1.54) is 33.8 Å². The standard InChI is InChI=1S/C18H19ClN2O5S2/c19-14-4-3-13(28(24,25)21-7-9-26-10-8-21)12-15(14)20-18(23)6-5-16(22)17-2-1-11-27-17/h1-4,11-12H,5-10H2,(H,20,23). The average molecular weight is 443 g/mol. The Morgan fingerprint density at radius 2 is 1.93 bits per heavy atom. The Kier molecular flexibility index (Phi) is 6.84. The van der Waals surface area contributed by atoms with E-state index in [2.05, 4.69) is 5.32 Å². The van der Waals surface area contributed by atoms with Crippen LogP contribution in [0.25, 0.3) is 0 Å². The summed E-state index contributed by atoms with van der Waals surface area (Å²) in [6.45, 7) is 1.23. The monoisotopic (exact) mass is 442 g/mol. The highest BCUT2D eigenvalue weighted by molar-refractivity contribution is 7.89. The van der Waals surface area contributed by atoms with Gasteiger partial charge in [-0.15, -0.1) is 11.3 Å². The fourth-order valence-electron chi connectivity index (χ4n) is 2.70. The first kappa shape index (κ1) is 20.9. The minimum atomic E-state index is -3.70. The number of carbonyl (C=O) groups excluding carboxylic acids is 2. The highest BCUT2D eigenvalue weighted by Gasteiger charge is 2.27. The molecule has 0 radical (unpaired) electrons. The van der Waals surface area contributed by atoms with Crippen LogP contribution in [0.4, 0.5) is 5.69 Å². The summed E-state index contributed by atoms with van der Waals surface area (Å²) in [5, 5.41) is 4.62. The third kappa shape index (κ3) is 4.98. The number of nitrogens with one attached hydrogen (secondary N) is 1. The maximum absolute atomic E-state index is 12.8. The number of Topliss-reactive ketones (excluding diaryl/α,β-unsaturated/α-hetero) is 1. The quantitative estimate of drug-likeness (QED) is 0.665. The number of thiophene rings is 1. The van der Waals surface area contributed by atoms with Gasteiger partial charge in [0.1, 0.15) is 0 Å². The molecular weight excluding hydrogens is 424 g/mol. The van der Waals surface area contributed by atoms with E-state index in [1.807, 2.05) is 0 Å². The van der Waals surface area contributed by atoms with Crippen LogP contribution in [0.2, 0.25) is 5.02 Å². The molecule has 10 heteroatoms. The number of morpholine rings is 1. The molecule has 28 heavy (non-hydrogen) atoms. The second-order valence-electron chi connectivity index (χ2n) is 6.11. The van der Waals surface area contributed by atoms with Crippen molar-refractivity contribution < 1.29 is 22.7 Å². The lowest BCUT2D eigenvalue weighted by Gasteiger charge is -2.26. The number of amides is 1. The lowest BCUT2D eigenvalue weighted by atomic mass is 10.2. The molecule has 0 unspecified atom stereocenters. The first-order valence-electron chi connectivity index (χ1n) is 8.62. The Labute approximate surface area is 172 Å². The summed E-state index contributed by atoms with van der Waals surface area (Å²) in [6.07, 6.45) is 0.0449. The number of carbonyl (C=O) groups is 2. The van der Waals surface area contributed by atoms with Gasteiger partial charge in [-0.3, -0.25) is 9.59 Å². The van der Waals surface area contributed by atoms with Crippen LogP contribution < -0.4 is 5.32 Å². The lowest BCUT2D eigenvalue weighted by molar-refractivity contribution is -0.116. The minimum absolute atomic E-state index is 0.0203. The number of hydrogen-bond donors (Lipinski definition) is 1. The van der Waals surface area contributed by atoms with Gasteiger partial charge in [0, 0.05) is 25.9 Å². The first-order valence-corrected chi connectivity index (χ1v) is 11.3. The molecule has 1 aromatic carbocycles. The molecule has 1 amide bonds. The smallest absolute Gasteiger partial charge is 0.243 e. The molecule has 150 valence electrons. The number of hydrogen-bond acceptors (Lipinski definition) is 6. The third-order valence-corrected chi connectivity index (χ3v) is 7.33. The van der Waals surface area contributed by atoms with Gasteiger partial charge in [0.15, 0.2) is 5.78 Å². The van der Waals surface area contributed by atoms with Crippen LogP contribution >= 0.6 is 22.9 Å². The molecule has 7 nitrogen and oxygen atoms in total. The SMILES string of the molecule is O=C(CCC(=O)c1cccs1)Nc1cc(S(=O)(=O)N2CCOCC2)ccc1Cl. The van der Waals surface area contributed by atoms with Crippen LogP contribution in [0, 0.1) is 0 Å². The lowest BCUT2D eigenvalue weighted by Crippen LogP contribution is -2.40. The van der Waals surface area contributed by atoms with Crippen LogP contribution in [0.15, 0.2) is 40.6 Å². The van der Waals surface area contributed by atoms with E-state index >= 15 is 0 Å². The average Bonchev–Trinajstić information content (AvgIpc) is 3.23. The fraction of sp³-hybridized carbons (Fsp3) is 0.333. The summed E-state index contributed by atoms with van der Waals surface area (Å²) >= 11 is 7.44. The third-order valence-electron chi connectivity index (χ3n) is 4.19. The molecule has 1 aliphatic heterocycles. The van der Waals surface area contributed by atoms with Crippen LogP contribution in [-0.4, -0.2) is 50.7 Å². The zero-order valence-electron chi connectivity index (χ0n) is 14.9. The molecule has 1 fully saturated rings. The van der Waals surface area contributed by atoms with Crippen molar-refractivity contribution in [3.05, 3.63) is 45.6 Å². The summed E-state index contributed by atoms with van der Waals surface area (Å²) in [5.74, 6) is -0.521. The Morgan fingerprint density at radius 3 is 2.61 bits per heavy atom. The Bertz CT molecular complexity index is 954. The van der Waals surface area contributed by atoms with Gasteiger partial charge in [-0.2, -0.15) is 4.31 Å². The van der Waals surface area contributed by atoms with E-state index in [-0.39, 0.29) is 47.3 Å². The molecule has 1 N–H and O–H groups in total. The first-order chi connectivity index (χ1) is 13.4. The number of ketones is 1. The number of sulfonamides is 1. The van der Waals surface area contributed by atoms with E-state index in [0.29, 0.717) is 18.1 Å². The van der Waals surface area contributed by atoms with Crippen molar-refractivity contribution in [3.63, 3.8) is 0 Å². The summed E-state index contributed by atoms with van der Waals surface area (Å²) in [7, 11) is -3.70. The van der Waals surface area contributed by atoms with E-state index in [4.69, 9.17) is 16.3 Å². The Balaban J connectivity index is 1.67. The molecule has 0 saturated carbocycles. The topological polar surface area (TPSA) is 92.8 Å². The van der Waals surface area contributed by atoms with Crippen LogP contribution in [0.1, 0.15) is 22.5 Å². The van der Waals surface area contributed by atoms with E-state index in [0.717, 1.165) is 0 Å². The van der Waals surface area contributed by atoms with Crippen molar-refractivity contribution in [3.8, 4) is 0 Å². The number of benzene rings is 1. The number of halogens is 1. The molecule has 2 aromatic rings.